The lowest BCUT2D eigenvalue weighted by molar-refractivity contribution is 0.0692. The van der Waals surface area contributed by atoms with Gasteiger partial charge in [0, 0.05) is 12.1 Å². The van der Waals surface area contributed by atoms with Crippen molar-refractivity contribution in [1.82, 2.24) is 0 Å². The van der Waals surface area contributed by atoms with E-state index < -0.39 is 5.97 Å². The van der Waals surface area contributed by atoms with Gasteiger partial charge in [0.05, 0.1) is 20.3 Å². The second-order valence-electron chi connectivity index (χ2n) is 3.17. The molecule has 0 fully saturated rings. The normalized spacial score (nSPS) is 9.82. The number of hydrogen-bond acceptors (Lipinski definition) is 4. The maximum atomic E-state index is 11.1. The number of hydrogen-bond donors (Lipinski definition) is 1. The molecule has 5 nitrogen and oxygen atoms in total. The smallest absolute Gasteiger partial charge is 0.339 e. The molecule has 0 aliphatic heterocycles. The van der Waals surface area contributed by atoms with Crippen LogP contribution < -0.4 is 14.2 Å². The maximum Gasteiger partial charge on any atom is 0.339 e. The summed E-state index contributed by atoms with van der Waals surface area (Å²) >= 11 is 0. The van der Waals surface area contributed by atoms with Crippen LogP contribution in [-0.2, 0) is 0 Å². The molecule has 0 saturated heterocycles. The molecule has 0 aromatic heterocycles. The summed E-state index contributed by atoms with van der Waals surface area (Å²) in [5, 5.41) is 9.07. The number of carboxylic acids is 1. The Kier molecular flexibility index (Phi) is 4.63. The highest BCUT2D eigenvalue weighted by molar-refractivity contribution is 5.92. The molecule has 1 aromatic carbocycles. The van der Waals surface area contributed by atoms with Gasteiger partial charge in [0.25, 0.3) is 0 Å². The van der Waals surface area contributed by atoms with E-state index in [1.165, 1.54) is 19.2 Å². The monoisotopic (exact) mass is 240 g/mol. The van der Waals surface area contributed by atoms with Crippen LogP contribution in [0, 0.1) is 0 Å². The molecule has 94 valence electrons. The molecule has 5 heteroatoms. The molecule has 0 aliphatic rings. The fraction of sp³-hybridized carbons (Fsp3) is 0.417. The molecular weight excluding hydrogens is 224 g/mol. The number of rotatable bonds is 6. The predicted molar refractivity (Wildman–Crippen MR) is 62.3 cm³/mol. The van der Waals surface area contributed by atoms with Crippen LogP contribution in [0.15, 0.2) is 12.1 Å². The average Bonchev–Trinajstić information content (AvgIpc) is 2.30. The lowest BCUT2D eigenvalue weighted by Gasteiger charge is -2.13. The number of carboxylic acid groups (broad SMARTS) is 1. The van der Waals surface area contributed by atoms with Crippen molar-refractivity contribution in [2.45, 2.75) is 13.8 Å². The molecule has 0 radical (unpaired) electrons. The number of carbonyl (C=O) groups is 1. The Bertz CT molecular complexity index is 400. The Balaban J connectivity index is 3.26. The second kappa shape index (κ2) is 5.98. The summed E-state index contributed by atoms with van der Waals surface area (Å²) < 4.78 is 15.7. The molecule has 0 bridgehead atoms. The standard InChI is InChI=1S/C12H16O5/c1-4-16-9-7-10(15-3)11(17-5-2)6-8(9)12(13)14/h6-7H,4-5H2,1-3H3,(H,13,14). The third-order valence-corrected chi connectivity index (χ3v) is 2.10. The Morgan fingerprint density at radius 3 is 2.18 bits per heavy atom. The van der Waals surface area contributed by atoms with Crippen molar-refractivity contribution in [3.8, 4) is 17.2 Å². The molecular formula is C12H16O5. The highest BCUT2D eigenvalue weighted by atomic mass is 16.5. The van der Waals surface area contributed by atoms with Crippen LogP contribution in [0.25, 0.3) is 0 Å². The number of ether oxygens (including phenoxy) is 3. The van der Waals surface area contributed by atoms with Gasteiger partial charge in [-0.05, 0) is 13.8 Å². The quantitative estimate of drug-likeness (QED) is 0.825. The van der Waals surface area contributed by atoms with Gasteiger partial charge in [0.15, 0.2) is 11.5 Å². The summed E-state index contributed by atoms with van der Waals surface area (Å²) in [4.78, 5) is 11.1. The maximum absolute atomic E-state index is 11.1. The molecule has 0 unspecified atom stereocenters. The molecule has 1 aromatic rings. The summed E-state index contributed by atoms with van der Waals surface area (Å²) in [5.74, 6) is 0.0773. The summed E-state index contributed by atoms with van der Waals surface area (Å²) in [5.41, 5.74) is 0.0658. The zero-order valence-electron chi connectivity index (χ0n) is 10.1. The number of benzene rings is 1. The zero-order chi connectivity index (χ0) is 12.8. The van der Waals surface area contributed by atoms with Crippen LogP contribution in [0.4, 0.5) is 0 Å². The minimum Gasteiger partial charge on any atom is -0.493 e. The Labute approximate surface area is 99.9 Å². The number of aromatic carboxylic acids is 1. The Morgan fingerprint density at radius 2 is 1.71 bits per heavy atom. The third-order valence-electron chi connectivity index (χ3n) is 2.10. The zero-order valence-corrected chi connectivity index (χ0v) is 10.1. The van der Waals surface area contributed by atoms with Gasteiger partial charge in [0.2, 0.25) is 0 Å². The average molecular weight is 240 g/mol. The molecule has 0 amide bonds. The van der Waals surface area contributed by atoms with Crippen molar-refractivity contribution in [3.63, 3.8) is 0 Å². The largest absolute Gasteiger partial charge is 0.493 e. The van der Waals surface area contributed by atoms with E-state index in [1.807, 2.05) is 6.92 Å². The predicted octanol–water partition coefficient (Wildman–Crippen LogP) is 2.19. The first-order chi connectivity index (χ1) is 8.13. The Hall–Kier alpha value is -1.91. The highest BCUT2D eigenvalue weighted by Gasteiger charge is 2.17. The van der Waals surface area contributed by atoms with Gasteiger partial charge in [0.1, 0.15) is 11.3 Å². The van der Waals surface area contributed by atoms with E-state index >= 15 is 0 Å². The van der Waals surface area contributed by atoms with E-state index in [0.717, 1.165) is 0 Å². The highest BCUT2D eigenvalue weighted by Crippen LogP contribution is 2.34. The van der Waals surface area contributed by atoms with Crippen LogP contribution in [0.1, 0.15) is 24.2 Å². The van der Waals surface area contributed by atoms with E-state index in [1.54, 1.807) is 6.92 Å². The molecule has 17 heavy (non-hydrogen) atoms. The molecule has 0 spiro atoms. The molecule has 0 heterocycles. The first kappa shape index (κ1) is 13.2. The first-order valence-electron chi connectivity index (χ1n) is 5.34. The van der Waals surface area contributed by atoms with E-state index in [2.05, 4.69) is 0 Å². The van der Waals surface area contributed by atoms with Gasteiger partial charge >= 0.3 is 5.97 Å². The van der Waals surface area contributed by atoms with Crippen molar-refractivity contribution in [2.24, 2.45) is 0 Å². The summed E-state index contributed by atoms with van der Waals surface area (Å²) in [7, 11) is 1.49. The fourth-order valence-corrected chi connectivity index (χ4v) is 1.41. The van der Waals surface area contributed by atoms with E-state index in [0.29, 0.717) is 24.7 Å². The molecule has 1 N–H and O–H groups in total. The van der Waals surface area contributed by atoms with Crippen molar-refractivity contribution in [2.75, 3.05) is 20.3 Å². The fourth-order valence-electron chi connectivity index (χ4n) is 1.41. The van der Waals surface area contributed by atoms with Crippen molar-refractivity contribution >= 4 is 5.97 Å². The van der Waals surface area contributed by atoms with Crippen LogP contribution in [0.2, 0.25) is 0 Å². The van der Waals surface area contributed by atoms with E-state index in [9.17, 15) is 4.79 Å². The van der Waals surface area contributed by atoms with Crippen LogP contribution in [0.5, 0.6) is 17.2 Å². The van der Waals surface area contributed by atoms with Gasteiger partial charge in [-0.15, -0.1) is 0 Å². The van der Waals surface area contributed by atoms with Crippen molar-refractivity contribution in [3.05, 3.63) is 17.7 Å². The lowest BCUT2D eigenvalue weighted by Crippen LogP contribution is -2.05. The molecule has 0 aliphatic carbocycles. The van der Waals surface area contributed by atoms with Crippen molar-refractivity contribution < 1.29 is 24.1 Å². The van der Waals surface area contributed by atoms with Crippen molar-refractivity contribution in [1.29, 1.82) is 0 Å². The van der Waals surface area contributed by atoms with E-state index in [-0.39, 0.29) is 11.3 Å². The summed E-state index contributed by atoms with van der Waals surface area (Å²) in [6, 6.07) is 2.94. The van der Waals surface area contributed by atoms with Gasteiger partial charge in [-0.25, -0.2) is 4.79 Å². The lowest BCUT2D eigenvalue weighted by atomic mass is 10.1. The minimum absolute atomic E-state index is 0.0658. The minimum atomic E-state index is -1.06. The summed E-state index contributed by atoms with van der Waals surface area (Å²) in [6.07, 6.45) is 0. The summed E-state index contributed by atoms with van der Waals surface area (Å²) in [6.45, 7) is 4.42. The number of methoxy groups -OCH3 is 1. The molecule has 0 atom stereocenters. The topological polar surface area (TPSA) is 65.0 Å². The van der Waals surface area contributed by atoms with E-state index in [4.69, 9.17) is 19.3 Å². The molecule has 1 rings (SSSR count). The third kappa shape index (κ3) is 3.03. The van der Waals surface area contributed by atoms with Gasteiger partial charge in [-0.1, -0.05) is 0 Å². The van der Waals surface area contributed by atoms with Crippen LogP contribution in [0.3, 0.4) is 0 Å². The second-order valence-corrected chi connectivity index (χ2v) is 3.17. The SMILES string of the molecule is CCOc1cc(C(=O)O)c(OCC)cc1OC. The van der Waals surface area contributed by atoms with Gasteiger partial charge in [-0.3, -0.25) is 0 Å². The van der Waals surface area contributed by atoms with Gasteiger partial charge in [-0.2, -0.15) is 0 Å². The van der Waals surface area contributed by atoms with Crippen LogP contribution >= 0.6 is 0 Å². The van der Waals surface area contributed by atoms with Crippen LogP contribution in [-0.4, -0.2) is 31.4 Å². The molecule has 0 saturated carbocycles. The van der Waals surface area contributed by atoms with Gasteiger partial charge < -0.3 is 19.3 Å². The first-order valence-corrected chi connectivity index (χ1v) is 5.34. The Morgan fingerprint density at radius 1 is 1.12 bits per heavy atom.